The van der Waals surface area contributed by atoms with Crippen LogP contribution in [0.25, 0.3) is 16.9 Å². The number of nitrogens with one attached hydrogen (secondary N) is 2. The zero-order valence-electron chi connectivity index (χ0n) is 20.6. The lowest BCUT2D eigenvalue weighted by Crippen LogP contribution is -2.23. The number of fused-ring (bicyclic) bond motifs is 1. The first-order valence-electron chi connectivity index (χ1n) is 12.1. The summed E-state index contributed by atoms with van der Waals surface area (Å²) < 4.78 is 40.1. The normalized spacial score (nSPS) is 14.1. The van der Waals surface area contributed by atoms with Gasteiger partial charge in [0.05, 0.1) is 17.6 Å². The summed E-state index contributed by atoms with van der Waals surface area (Å²) in [5.41, 5.74) is 4.17. The monoisotopic (exact) mass is 507 g/mol. The third kappa shape index (κ3) is 5.24. The van der Waals surface area contributed by atoms with Gasteiger partial charge >= 0.3 is 0 Å². The number of carbonyl (C=O) groups is 1. The van der Waals surface area contributed by atoms with Crippen LogP contribution in [0.15, 0.2) is 48.7 Å². The molecule has 3 heterocycles. The van der Waals surface area contributed by atoms with Crippen molar-refractivity contribution in [1.29, 1.82) is 0 Å². The standard InChI is InChI=1S/C27H27F2N5O3/c1-16-11-18(3-5-20(16)27(35)30-2)24-15-32-26-23(31-14-17-7-9-36-10-8-17)13-25(33-34(24)26)37-19-4-6-21(28)22(29)12-19/h3-6,11-13,15,17,31H,7-10,14H2,1-2H3,(H,30,35). The van der Waals surface area contributed by atoms with Crippen molar-refractivity contribution in [3.8, 4) is 22.9 Å². The number of anilines is 1. The van der Waals surface area contributed by atoms with Crippen LogP contribution in [0.1, 0.15) is 28.8 Å². The van der Waals surface area contributed by atoms with Crippen LogP contribution in [0.5, 0.6) is 11.6 Å². The minimum atomic E-state index is -1.01. The van der Waals surface area contributed by atoms with E-state index in [0.717, 1.165) is 55.9 Å². The number of rotatable bonds is 7. The molecule has 1 aliphatic heterocycles. The highest BCUT2D eigenvalue weighted by molar-refractivity contribution is 5.96. The van der Waals surface area contributed by atoms with Gasteiger partial charge in [-0.05, 0) is 55.5 Å². The molecule has 0 bridgehead atoms. The third-order valence-electron chi connectivity index (χ3n) is 6.47. The van der Waals surface area contributed by atoms with Crippen molar-refractivity contribution in [1.82, 2.24) is 19.9 Å². The number of hydrogen-bond acceptors (Lipinski definition) is 6. The molecule has 1 aliphatic rings. The maximum atomic E-state index is 13.8. The summed E-state index contributed by atoms with van der Waals surface area (Å²) in [6.07, 6.45) is 3.63. The number of amides is 1. The van der Waals surface area contributed by atoms with Crippen LogP contribution in [-0.2, 0) is 4.74 Å². The number of hydrogen-bond donors (Lipinski definition) is 2. The highest BCUT2D eigenvalue weighted by atomic mass is 19.2. The number of aromatic nitrogens is 3. The summed E-state index contributed by atoms with van der Waals surface area (Å²) in [4.78, 5) is 16.7. The molecule has 0 radical (unpaired) electrons. The van der Waals surface area contributed by atoms with Crippen molar-refractivity contribution in [3.63, 3.8) is 0 Å². The number of nitrogens with zero attached hydrogens (tertiary/aromatic N) is 3. The molecular formula is C27H27F2N5O3. The van der Waals surface area contributed by atoms with Gasteiger partial charge in [-0.3, -0.25) is 4.79 Å². The van der Waals surface area contributed by atoms with E-state index in [1.165, 1.54) is 6.07 Å². The maximum Gasteiger partial charge on any atom is 0.251 e. The van der Waals surface area contributed by atoms with Crippen LogP contribution < -0.4 is 15.4 Å². The first kappa shape index (κ1) is 24.6. The number of ether oxygens (including phenoxy) is 2. The molecule has 0 saturated carbocycles. The molecule has 2 aromatic carbocycles. The molecule has 2 aromatic heterocycles. The number of halogens is 2. The van der Waals surface area contributed by atoms with Gasteiger partial charge < -0.3 is 20.1 Å². The second kappa shape index (κ2) is 10.5. The van der Waals surface area contributed by atoms with Gasteiger partial charge in [0, 0.05) is 50.1 Å². The van der Waals surface area contributed by atoms with E-state index < -0.39 is 11.6 Å². The third-order valence-corrected chi connectivity index (χ3v) is 6.47. The Kier molecular flexibility index (Phi) is 7.00. The Labute approximate surface area is 212 Å². The van der Waals surface area contributed by atoms with Gasteiger partial charge in [-0.25, -0.2) is 18.3 Å². The van der Waals surface area contributed by atoms with E-state index in [1.54, 1.807) is 29.9 Å². The van der Waals surface area contributed by atoms with E-state index in [1.807, 2.05) is 19.1 Å². The number of imidazole rings is 1. The van der Waals surface area contributed by atoms with Crippen molar-refractivity contribution < 1.29 is 23.0 Å². The van der Waals surface area contributed by atoms with Gasteiger partial charge in [-0.2, -0.15) is 0 Å². The van der Waals surface area contributed by atoms with E-state index in [-0.39, 0.29) is 17.5 Å². The van der Waals surface area contributed by atoms with E-state index in [0.29, 0.717) is 28.5 Å². The van der Waals surface area contributed by atoms with Gasteiger partial charge in [-0.15, -0.1) is 5.10 Å². The number of benzene rings is 2. The number of aryl methyl sites for hydroxylation is 1. The highest BCUT2D eigenvalue weighted by Gasteiger charge is 2.18. The number of carbonyl (C=O) groups excluding carboxylic acids is 1. The Bertz CT molecular complexity index is 1450. The zero-order valence-corrected chi connectivity index (χ0v) is 20.6. The fourth-order valence-electron chi connectivity index (χ4n) is 4.40. The van der Waals surface area contributed by atoms with Crippen molar-refractivity contribution >= 4 is 17.2 Å². The first-order chi connectivity index (χ1) is 17.9. The Morgan fingerprint density at radius 3 is 2.68 bits per heavy atom. The topological polar surface area (TPSA) is 89.8 Å². The largest absolute Gasteiger partial charge is 0.437 e. The average Bonchev–Trinajstić information content (AvgIpc) is 3.33. The SMILES string of the molecule is CNC(=O)c1ccc(-c2cnc3c(NCC4CCOCC4)cc(Oc4ccc(F)c(F)c4)nn23)cc1C. The summed E-state index contributed by atoms with van der Waals surface area (Å²) in [6.45, 7) is 4.06. The van der Waals surface area contributed by atoms with Crippen molar-refractivity contribution in [2.75, 3.05) is 32.1 Å². The first-order valence-corrected chi connectivity index (χ1v) is 12.1. The van der Waals surface area contributed by atoms with E-state index in [2.05, 4.69) is 20.7 Å². The Morgan fingerprint density at radius 2 is 1.95 bits per heavy atom. The van der Waals surface area contributed by atoms with Gasteiger partial charge in [0.15, 0.2) is 17.3 Å². The van der Waals surface area contributed by atoms with Crippen molar-refractivity contribution in [3.05, 3.63) is 71.4 Å². The van der Waals surface area contributed by atoms with E-state index in [9.17, 15) is 13.6 Å². The summed E-state index contributed by atoms with van der Waals surface area (Å²) >= 11 is 0. The Balaban J connectivity index is 1.54. The van der Waals surface area contributed by atoms with Crippen LogP contribution in [0.3, 0.4) is 0 Å². The molecule has 0 unspecified atom stereocenters. The van der Waals surface area contributed by atoms with E-state index >= 15 is 0 Å². The minimum Gasteiger partial charge on any atom is -0.437 e. The second-order valence-corrected chi connectivity index (χ2v) is 9.00. The van der Waals surface area contributed by atoms with E-state index in [4.69, 9.17) is 9.47 Å². The Morgan fingerprint density at radius 1 is 1.14 bits per heavy atom. The lowest BCUT2D eigenvalue weighted by Gasteiger charge is -2.22. The lowest BCUT2D eigenvalue weighted by atomic mass is 10.0. The molecule has 37 heavy (non-hydrogen) atoms. The van der Waals surface area contributed by atoms with Crippen LogP contribution in [-0.4, -0.2) is 47.3 Å². The fourth-order valence-corrected chi connectivity index (χ4v) is 4.40. The highest BCUT2D eigenvalue weighted by Crippen LogP contribution is 2.30. The zero-order chi connectivity index (χ0) is 25.9. The predicted molar refractivity (Wildman–Crippen MR) is 135 cm³/mol. The lowest BCUT2D eigenvalue weighted by molar-refractivity contribution is 0.0699. The molecule has 1 amide bonds. The van der Waals surface area contributed by atoms with Gasteiger partial charge in [0.25, 0.3) is 5.91 Å². The maximum absolute atomic E-state index is 13.8. The molecule has 0 spiro atoms. The van der Waals surface area contributed by atoms with Gasteiger partial charge in [-0.1, -0.05) is 6.07 Å². The van der Waals surface area contributed by atoms with Crippen LogP contribution in [0, 0.1) is 24.5 Å². The smallest absolute Gasteiger partial charge is 0.251 e. The molecule has 1 fully saturated rings. The molecule has 1 saturated heterocycles. The summed E-state index contributed by atoms with van der Waals surface area (Å²) in [5, 5.41) is 10.7. The van der Waals surface area contributed by atoms with Crippen molar-refractivity contribution in [2.45, 2.75) is 19.8 Å². The molecule has 4 aromatic rings. The van der Waals surface area contributed by atoms with Gasteiger partial charge in [0.2, 0.25) is 5.88 Å². The van der Waals surface area contributed by atoms with Crippen molar-refractivity contribution in [2.24, 2.45) is 5.92 Å². The minimum absolute atomic E-state index is 0.119. The summed E-state index contributed by atoms with van der Waals surface area (Å²) in [5.74, 6) is -1.37. The fraction of sp³-hybridized carbons (Fsp3) is 0.296. The molecular weight excluding hydrogens is 480 g/mol. The average molecular weight is 508 g/mol. The summed E-state index contributed by atoms with van der Waals surface area (Å²) in [6, 6.07) is 10.5. The van der Waals surface area contributed by atoms with Crippen LogP contribution >= 0.6 is 0 Å². The van der Waals surface area contributed by atoms with Crippen LogP contribution in [0.2, 0.25) is 0 Å². The predicted octanol–water partition coefficient (Wildman–Crippen LogP) is 4.97. The molecule has 2 N–H and O–H groups in total. The molecule has 5 rings (SSSR count). The van der Waals surface area contributed by atoms with Gasteiger partial charge in [0.1, 0.15) is 5.75 Å². The quantitative estimate of drug-likeness (QED) is 0.367. The molecule has 0 aliphatic carbocycles. The van der Waals surface area contributed by atoms with Crippen LogP contribution in [0.4, 0.5) is 14.5 Å². The molecule has 192 valence electrons. The molecule has 0 atom stereocenters. The molecule has 10 heteroatoms. The Hall–Kier alpha value is -4.05. The second-order valence-electron chi connectivity index (χ2n) is 9.00. The summed E-state index contributed by atoms with van der Waals surface area (Å²) in [7, 11) is 1.59. The molecule has 8 nitrogen and oxygen atoms in total.